The SMILES string of the molecule is C#CC#CC#CC#CC#CC(=C=O)OCC1CCC(COC(=O)CCCCCCCCCCC)CC1. The second-order valence-electron chi connectivity index (χ2n) is 9.03. The van der Waals surface area contributed by atoms with E-state index in [0.29, 0.717) is 31.5 Å². The van der Waals surface area contributed by atoms with Gasteiger partial charge in [0, 0.05) is 6.42 Å². The molecule has 0 N–H and O–H groups in total. The first-order valence-corrected chi connectivity index (χ1v) is 13.2. The van der Waals surface area contributed by atoms with E-state index in [1.807, 2.05) is 0 Å². The van der Waals surface area contributed by atoms with Gasteiger partial charge in [0.2, 0.25) is 0 Å². The maximum atomic E-state index is 12.0. The zero-order chi connectivity index (χ0) is 26.1. The Morgan fingerprint density at radius 1 is 0.722 bits per heavy atom. The van der Waals surface area contributed by atoms with Crippen molar-refractivity contribution in [2.75, 3.05) is 13.2 Å². The third-order valence-corrected chi connectivity index (χ3v) is 6.11. The van der Waals surface area contributed by atoms with Gasteiger partial charge in [0.1, 0.15) is 0 Å². The molecule has 0 spiro atoms. The second-order valence-corrected chi connectivity index (χ2v) is 9.03. The van der Waals surface area contributed by atoms with Crippen molar-refractivity contribution in [1.29, 1.82) is 0 Å². The molecule has 4 nitrogen and oxygen atoms in total. The summed E-state index contributed by atoms with van der Waals surface area (Å²) in [7, 11) is 0. The Bertz CT molecular complexity index is 986. The summed E-state index contributed by atoms with van der Waals surface area (Å²) in [6.45, 7) is 3.16. The molecule has 1 saturated carbocycles. The Labute approximate surface area is 218 Å². The minimum atomic E-state index is -0.0719. The first-order chi connectivity index (χ1) is 17.7. The molecule has 0 aromatic heterocycles. The molecule has 0 aromatic carbocycles. The molecule has 1 aliphatic carbocycles. The summed E-state index contributed by atoms with van der Waals surface area (Å²) in [5.41, 5.74) is 0. The topological polar surface area (TPSA) is 52.6 Å². The molecule has 1 aliphatic rings. The fourth-order valence-corrected chi connectivity index (χ4v) is 4.00. The van der Waals surface area contributed by atoms with Crippen molar-refractivity contribution in [1.82, 2.24) is 0 Å². The highest BCUT2D eigenvalue weighted by atomic mass is 16.5. The van der Waals surface area contributed by atoms with Gasteiger partial charge in [-0.1, -0.05) is 58.3 Å². The number of hydrogen-bond acceptors (Lipinski definition) is 4. The number of carbonyl (C=O) groups is 1. The van der Waals surface area contributed by atoms with Crippen molar-refractivity contribution in [2.45, 2.75) is 96.8 Å². The molecule has 0 amide bonds. The van der Waals surface area contributed by atoms with Crippen LogP contribution in [0.2, 0.25) is 0 Å². The van der Waals surface area contributed by atoms with Gasteiger partial charge in [-0.05, 0) is 97.2 Å². The van der Waals surface area contributed by atoms with Crippen molar-refractivity contribution < 1.29 is 19.1 Å². The third kappa shape index (κ3) is 17.0. The predicted octanol–water partition coefficient (Wildman–Crippen LogP) is 5.64. The zero-order valence-corrected chi connectivity index (χ0v) is 21.7. The van der Waals surface area contributed by atoms with Gasteiger partial charge in [-0.25, -0.2) is 4.79 Å². The third-order valence-electron chi connectivity index (χ3n) is 6.11. The van der Waals surface area contributed by atoms with Crippen LogP contribution in [0, 0.1) is 71.5 Å². The number of ether oxygens (including phenoxy) is 2. The normalized spacial score (nSPS) is 15.4. The Hall–Kier alpha value is -3.48. The quantitative estimate of drug-likeness (QED) is 0.0989. The molecular formula is C32H38O4. The summed E-state index contributed by atoms with van der Waals surface area (Å²) in [5, 5.41) is 0. The summed E-state index contributed by atoms with van der Waals surface area (Å²) in [6.07, 6.45) is 20.5. The molecule has 0 unspecified atom stereocenters. The van der Waals surface area contributed by atoms with Crippen LogP contribution in [0.4, 0.5) is 0 Å². The van der Waals surface area contributed by atoms with E-state index in [-0.39, 0.29) is 11.7 Å². The van der Waals surface area contributed by atoms with Gasteiger partial charge in [0.05, 0.1) is 13.2 Å². The summed E-state index contributed by atoms with van der Waals surface area (Å²) in [6, 6.07) is 0. The van der Waals surface area contributed by atoms with Crippen LogP contribution in [0.5, 0.6) is 0 Å². The predicted molar refractivity (Wildman–Crippen MR) is 143 cm³/mol. The molecule has 0 saturated heterocycles. The van der Waals surface area contributed by atoms with Crippen molar-refractivity contribution in [3.05, 3.63) is 5.76 Å². The molecule has 1 fully saturated rings. The van der Waals surface area contributed by atoms with Crippen molar-refractivity contribution in [3.8, 4) is 59.7 Å². The number of allylic oxidation sites excluding steroid dienone is 1. The van der Waals surface area contributed by atoms with Crippen LogP contribution in [0.25, 0.3) is 0 Å². The second kappa shape index (κ2) is 22.0. The van der Waals surface area contributed by atoms with Gasteiger partial charge < -0.3 is 9.47 Å². The molecular weight excluding hydrogens is 448 g/mol. The molecule has 0 heterocycles. The Morgan fingerprint density at radius 2 is 1.22 bits per heavy atom. The van der Waals surface area contributed by atoms with Gasteiger partial charge in [-0.2, -0.15) is 0 Å². The summed E-state index contributed by atoms with van der Waals surface area (Å²) >= 11 is 0. The highest BCUT2D eigenvalue weighted by molar-refractivity contribution is 5.69. The molecule has 0 aliphatic heterocycles. The van der Waals surface area contributed by atoms with Crippen LogP contribution in [0.3, 0.4) is 0 Å². The summed E-state index contributed by atoms with van der Waals surface area (Å²) < 4.78 is 11.0. The van der Waals surface area contributed by atoms with Gasteiger partial charge >= 0.3 is 5.97 Å². The van der Waals surface area contributed by atoms with Gasteiger partial charge in [0.25, 0.3) is 5.76 Å². The van der Waals surface area contributed by atoms with Crippen molar-refractivity contribution >= 4 is 11.9 Å². The lowest BCUT2D eigenvalue weighted by Crippen LogP contribution is -2.22. The smallest absolute Gasteiger partial charge is 0.305 e. The number of rotatable bonds is 15. The van der Waals surface area contributed by atoms with E-state index in [1.54, 1.807) is 5.94 Å². The maximum Gasteiger partial charge on any atom is 0.305 e. The van der Waals surface area contributed by atoms with Crippen LogP contribution in [0.1, 0.15) is 96.8 Å². The lowest BCUT2D eigenvalue weighted by molar-refractivity contribution is -0.145. The van der Waals surface area contributed by atoms with E-state index in [2.05, 4.69) is 60.2 Å². The fraction of sp³-hybridized carbons (Fsp3) is 0.594. The standard InChI is InChI=1S/C32H38O4/c1-3-5-7-9-11-13-15-17-19-21-32(34)36-28-30-24-22-29(23-25-30)27-35-31(26-33)20-18-16-14-12-10-8-6-4-2/h2,29-30H,3,5,7,9,11,13,15,17,19,21-25,27-28H2,1H3. The maximum absolute atomic E-state index is 12.0. The minimum absolute atomic E-state index is 0.0584. The Morgan fingerprint density at radius 3 is 1.78 bits per heavy atom. The molecule has 190 valence electrons. The first kappa shape index (κ1) is 30.6. The van der Waals surface area contributed by atoms with E-state index in [1.165, 1.54) is 44.9 Å². The largest absolute Gasteiger partial charge is 0.477 e. The Kier molecular flexibility index (Phi) is 18.7. The Balaban J connectivity index is 2.13. The van der Waals surface area contributed by atoms with Crippen LogP contribution in [0.15, 0.2) is 5.76 Å². The van der Waals surface area contributed by atoms with E-state index in [0.717, 1.165) is 38.5 Å². The lowest BCUT2D eigenvalue weighted by Gasteiger charge is -2.27. The van der Waals surface area contributed by atoms with Gasteiger partial charge in [-0.3, -0.25) is 4.79 Å². The highest BCUT2D eigenvalue weighted by Gasteiger charge is 2.23. The van der Waals surface area contributed by atoms with Crippen molar-refractivity contribution in [3.63, 3.8) is 0 Å². The highest BCUT2D eigenvalue weighted by Crippen LogP contribution is 2.29. The molecule has 1 rings (SSSR count). The van der Waals surface area contributed by atoms with Crippen LogP contribution >= 0.6 is 0 Å². The minimum Gasteiger partial charge on any atom is -0.477 e. The molecule has 0 atom stereocenters. The van der Waals surface area contributed by atoms with Gasteiger partial charge in [-0.15, -0.1) is 6.42 Å². The molecule has 4 heteroatoms. The molecule has 36 heavy (non-hydrogen) atoms. The number of hydrogen-bond donors (Lipinski definition) is 0. The first-order valence-electron chi connectivity index (χ1n) is 13.2. The van der Waals surface area contributed by atoms with E-state index in [9.17, 15) is 9.59 Å². The van der Waals surface area contributed by atoms with Crippen LogP contribution < -0.4 is 0 Å². The number of unbranched alkanes of at least 4 members (excludes halogenated alkanes) is 8. The van der Waals surface area contributed by atoms with E-state index < -0.39 is 0 Å². The van der Waals surface area contributed by atoms with E-state index >= 15 is 0 Å². The molecule has 0 aromatic rings. The van der Waals surface area contributed by atoms with Gasteiger partial charge in [0.15, 0.2) is 5.94 Å². The van der Waals surface area contributed by atoms with E-state index in [4.69, 9.17) is 15.9 Å². The average molecular weight is 487 g/mol. The summed E-state index contributed by atoms with van der Waals surface area (Å²) in [4.78, 5) is 23.1. The molecule has 0 bridgehead atoms. The van der Waals surface area contributed by atoms with Crippen molar-refractivity contribution in [2.24, 2.45) is 11.8 Å². The van der Waals surface area contributed by atoms with Crippen LogP contribution in [-0.4, -0.2) is 25.1 Å². The number of carbonyl (C=O) groups excluding carboxylic acids is 2. The fourth-order valence-electron chi connectivity index (χ4n) is 4.00. The van der Waals surface area contributed by atoms with Crippen LogP contribution in [-0.2, 0) is 19.1 Å². The lowest BCUT2D eigenvalue weighted by atomic mass is 9.83. The summed E-state index contributed by atoms with van der Waals surface area (Å²) in [5.74, 6) is 24.2. The molecule has 0 radical (unpaired) electrons. The zero-order valence-electron chi connectivity index (χ0n) is 21.7. The monoisotopic (exact) mass is 486 g/mol. The number of terminal acetylenes is 1. The average Bonchev–Trinajstić information content (AvgIpc) is 2.90. The number of esters is 1.